The molecule has 1 heterocycles. The zero-order chi connectivity index (χ0) is 14.7. The highest BCUT2D eigenvalue weighted by atomic mass is 79.9. The first-order chi connectivity index (χ1) is 10.3. The van der Waals surface area contributed by atoms with Crippen LogP contribution in [0.1, 0.15) is 18.1 Å². The van der Waals surface area contributed by atoms with E-state index < -0.39 is 0 Å². The molecule has 1 N–H and O–H groups in total. The van der Waals surface area contributed by atoms with Gasteiger partial charge >= 0.3 is 0 Å². The van der Waals surface area contributed by atoms with Gasteiger partial charge in [-0.2, -0.15) is 0 Å². The van der Waals surface area contributed by atoms with Crippen molar-refractivity contribution in [2.24, 2.45) is 0 Å². The Labute approximate surface area is 133 Å². The van der Waals surface area contributed by atoms with Crippen LogP contribution in [0.3, 0.4) is 0 Å². The zero-order valence-electron chi connectivity index (χ0n) is 12.0. The summed E-state index contributed by atoms with van der Waals surface area (Å²) >= 11 is 3.59. The summed E-state index contributed by atoms with van der Waals surface area (Å²) < 4.78 is 12.2. The Morgan fingerprint density at radius 1 is 1.05 bits per heavy atom. The van der Waals surface area contributed by atoms with E-state index in [4.69, 9.17) is 9.47 Å². The third-order valence-electron chi connectivity index (χ3n) is 3.60. The van der Waals surface area contributed by atoms with Gasteiger partial charge in [0.15, 0.2) is 11.5 Å². The highest BCUT2D eigenvalue weighted by molar-refractivity contribution is 9.10. The summed E-state index contributed by atoms with van der Waals surface area (Å²) in [5.41, 5.74) is 3.71. The Morgan fingerprint density at radius 2 is 1.71 bits per heavy atom. The number of nitrogens with one attached hydrogen (secondary N) is 1. The molecule has 0 bridgehead atoms. The third-order valence-corrected chi connectivity index (χ3v) is 4.26. The van der Waals surface area contributed by atoms with Gasteiger partial charge in [0.2, 0.25) is 0 Å². The minimum Gasteiger partial charge on any atom is -0.486 e. The molecule has 3 nitrogen and oxygen atoms in total. The van der Waals surface area contributed by atoms with Gasteiger partial charge in [-0.1, -0.05) is 31.2 Å². The number of ether oxygens (including phenoxy) is 2. The van der Waals surface area contributed by atoms with Crippen molar-refractivity contribution in [2.75, 3.05) is 18.5 Å². The summed E-state index contributed by atoms with van der Waals surface area (Å²) in [5, 5.41) is 3.47. The molecule has 0 aliphatic carbocycles. The zero-order valence-corrected chi connectivity index (χ0v) is 13.6. The van der Waals surface area contributed by atoms with Crippen molar-refractivity contribution in [3.8, 4) is 11.5 Å². The Bertz CT molecular complexity index is 643. The lowest BCUT2D eigenvalue weighted by Crippen LogP contribution is -2.15. The molecular weight excluding hydrogens is 330 g/mol. The Hall–Kier alpha value is -1.68. The molecule has 2 aromatic rings. The number of aryl methyl sites for hydroxylation is 1. The molecule has 21 heavy (non-hydrogen) atoms. The summed E-state index contributed by atoms with van der Waals surface area (Å²) in [4.78, 5) is 0. The van der Waals surface area contributed by atoms with E-state index in [0.29, 0.717) is 13.2 Å². The van der Waals surface area contributed by atoms with Gasteiger partial charge in [0.05, 0.1) is 5.69 Å². The molecule has 110 valence electrons. The fraction of sp³-hybridized carbons (Fsp3) is 0.294. The lowest BCUT2D eigenvalue weighted by Gasteiger charge is -2.20. The molecule has 0 saturated carbocycles. The molecule has 1 aliphatic heterocycles. The average molecular weight is 348 g/mol. The van der Waals surface area contributed by atoms with E-state index in [2.05, 4.69) is 52.4 Å². The molecule has 1 aliphatic rings. The van der Waals surface area contributed by atoms with Crippen LogP contribution in [-0.4, -0.2) is 13.2 Å². The second-order valence-corrected chi connectivity index (χ2v) is 5.81. The van der Waals surface area contributed by atoms with E-state index >= 15 is 0 Å². The van der Waals surface area contributed by atoms with E-state index in [1.807, 2.05) is 12.1 Å². The maximum Gasteiger partial charge on any atom is 0.163 e. The number of rotatable bonds is 4. The number of benzene rings is 2. The van der Waals surface area contributed by atoms with Gasteiger partial charge in [-0.25, -0.2) is 0 Å². The van der Waals surface area contributed by atoms with E-state index in [1.54, 1.807) is 0 Å². The van der Waals surface area contributed by atoms with Gasteiger partial charge in [0.1, 0.15) is 13.2 Å². The highest BCUT2D eigenvalue weighted by Crippen LogP contribution is 2.38. The molecule has 0 spiro atoms. The van der Waals surface area contributed by atoms with Crippen molar-refractivity contribution >= 4 is 21.6 Å². The maximum absolute atomic E-state index is 5.63. The number of fused-ring (bicyclic) bond motifs is 1. The SMILES string of the molecule is CCc1ccccc1CNc1cc2c(cc1Br)OCCO2. The third kappa shape index (κ3) is 3.16. The number of hydrogen-bond donors (Lipinski definition) is 1. The van der Waals surface area contributed by atoms with Crippen LogP contribution in [0.25, 0.3) is 0 Å². The van der Waals surface area contributed by atoms with E-state index in [-0.39, 0.29) is 0 Å². The standard InChI is InChI=1S/C17H18BrNO2/c1-2-12-5-3-4-6-13(12)11-19-15-10-17-16(9-14(15)18)20-7-8-21-17/h3-6,9-10,19H,2,7-8,11H2,1H3. The quantitative estimate of drug-likeness (QED) is 0.889. The highest BCUT2D eigenvalue weighted by Gasteiger charge is 2.14. The number of hydrogen-bond acceptors (Lipinski definition) is 3. The summed E-state index contributed by atoms with van der Waals surface area (Å²) in [7, 11) is 0. The lowest BCUT2D eigenvalue weighted by atomic mass is 10.1. The van der Waals surface area contributed by atoms with Crippen molar-refractivity contribution in [3.63, 3.8) is 0 Å². The summed E-state index contributed by atoms with van der Waals surface area (Å²) in [5.74, 6) is 1.60. The van der Waals surface area contributed by atoms with Crippen LogP contribution in [0.15, 0.2) is 40.9 Å². The molecule has 0 unspecified atom stereocenters. The van der Waals surface area contributed by atoms with Crippen LogP contribution in [-0.2, 0) is 13.0 Å². The average Bonchev–Trinajstić information content (AvgIpc) is 2.53. The van der Waals surface area contributed by atoms with Crippen LogP contribution < -0.4 is 14.8 Å². The monoisotopic (exact) mass is 347 g/mol. The normalized spacial score (nSPS) is 13.0. The fourth-order valence-corrected chi connectivity index (χ4v) is 2.93. The number of anilines is 1. The first-order valence-corrected chi connectivity index (χ1v) is 7.97. The van der Waals surface area contributed by atoms with Gasteiger partial charge in [0.25, 0.3) is 0 Å². The predicted octanol–water partition coefficient (Wildman–Crippen LogP) is 4.39. The molecule has 2 aromatic carbocycles. The fourth-order valence-electron chi connectivity index (χ4n) is 2.46. The molecule has 0 amide bonds. The van der Waals surface area contributed by atoms with Crippen molar-refractivity contribution in [3.05, 3.63) is 52.0 Å². The molecule has 0 radical (unpaired) electrons. The summed E-state index contributed by atoms with van der Waals surface area (Å²) in [6, 6.07) is 12.5. The number of halogens is 1. The largest absolute Gasteiger partial charge is 0.486 e. The smallest absolute Gasteiger partial charge is 0.163 e. The van der Waals surface area contributed by atoms with Crippen molar-refractivity contribution < 1.29 is 9.47 Å². The molecule has 0 saturated heterocycles. The summed E-state index contributed by atoms with van der Waals surface area (Å²) in [6.07, 6.45) is 1.04. The second-order valence-electron chi connectivity index (χ2n) is 4.95. The van der Waals surface area contributed by atoms with E-state index in [1.165, 1.54) is 11.1 Å². The van der Waals surface area contributed by atoms with Crippen molar-refractivity contribution in [1.82, 2.24) is 0 Å². The Balaban J connectivity index is 1.79. The molecule has 0 aromatic heterocycles. The van der Waals surface area contributed by atoms with Crippen LogP contribution >= 0.6 is 15.9 Å². The topological polar surface area (TPSA) is 30.5 Å². The van der Waals surface area contributed by atoms with Crippen LogP contribution in [0, 0.1) is 0 Å². The van der Waals surface area contributed by atoms with Gasteiger partial charge in [0, 0.05) is 23.2 Å². The van der Waals surface area contributed by atoms with E-state index in [0.717, 1.165) is 34.6 Å². The van der Waals surface area contributed by atoms with Crippen LogP contribution in [0.5, 0.6) is 11.5 Å². The van der Waals surface area contributed by atoms with Gasteiger partial charge in [-0.3, -0.25) is 0 Å². The second kappa shape index (κ2) is 6.39. The van der Waals surface area contributed by atoms with E-state index in [9.17, 15) is 0 Å². The van der Waals surface area contributed by atoms with Crippen molar-refractivity contribution in [2.45, 2.75) is 19.9 Å². The minimum absolute atomic E-state index is 0.604. The Morgan fingerprint density at radius 3 is 2.43 bits per heavy atom. The van der Waals surface area contributed by atoms with Crippen molar-refractivity contribution in [1.29, 1.82) is 0 Å². The van der Waals surface area contributed by atoms with Gasteiger partial charge < -0.3 is 14.8 Å². The molecule has 0 atom stereocenters. The maximum atomic E-state index is 5.63. The Kier molecular flexibility index (Phi) is 4.34. The lowest BCUT2D eigenvalue weighted by molar-refractivity contribution is 0.171. The van der Waals surface area contributed by atoms with Crippen LogP contribution in [0.4, 0.5) is 5.69 Å². The first-order valence-electron chi connectivity index (χ1n) is 7.17. The molecule has 0 fully saturated rings. The molecule has 4 heteroatoms. The first kappa shape index (κ1) is 14.3. The summed E-state index contributed by atoms with van der Waals surface area (Å²) in [6.45, 7) is 4.18. The van der Waals surface area contributed by atoms with Gasteiger partial charge in [-0.15, -0.1) is 0 Å². The van der Waals surface area contributed by atoms with Crippen LogP contribution in [0.2, 0.25) is 0 Å². The predicted molar refractivity (Wildman–Crippen MR) is 88.3 cm³/mol. The molecule has 3 rings (SSSR count). The minimum atomic E-state index is 0.604. The molecular formula is C17H18BrNO2. The van der Waals surface area contributed by atoms with Gasteiger partial charge in [-0.05, 0) is 33.5 Å².